The van der Waals surface area contributed by atoms with Crippen LogP contribution in [0.15, 0.2) is 319 Å². The number of nitrogens with two attached hydrogens (primary N) is 2. The van der Waals surface area contributed by atoms with Gasteiger partial charge in [-0.2, -0.15) is 0 Å². The summed E-state index contributed by atoms with van der Waals surface area (Å²) in [7, 11) is -8.75. The van der Waals surface area contributed by atoms with Crippen LogP contribution in [0.3, 0.4) is 0 Å². The van der Waals surface area contributed by atoms with Gasteiger partial charge in [0.2, 0.25) is 9.84 Å². The standard InChI is InChI=1S/C44H38N2O2P.C38H28N2O4PS/c1-43(2)29-44(3,30-19-21-31(45)22-20-30)39-26-23-32(27-40(39)43)46-41(47)37-25-24-36(28-38(37)42(46)48)49(33-13-7-4-8-14-33,34-15-9-5-10-16-34)35-17-11-6-12-18-35;39-27-16-21-33(22-17-27)46(43,44)34-23-18-28(19-24-34)40-37(41)35-25-20-32(26-36(35)38(40)42)45(29-10-4-1-5-11-29,30-12-6-2-7-13-30)31-14-8-3-9-15-31/h4-28H,29,45H2,1-3H3;1-26H,39H2/q2*+1. The van der Waals surface area contributed by atoms with Crippen LogP contribution in [0.2, 0.25) is 0 Å². The smallest absolute Gasteiger partial charge is 0.266 e. The summed E-state index contributed by atoms with van der Waals surface area (Å²) in [6.07, 6.45) is 0.901. The Balaban J connectivity index is 0.000000164. The molecule has 0 aromatic heterocycles. The molecule has 1 unspecified atom stereocenters. The molecule has 3 aliphatic rings. The maximum absolute atomic E-state index is 14.4. The van der Waals surface area contributed by atoms with Gasteiger partial charge in [-0.3, -0.25) is 19.2 Å². The van der Waals surface area contributed by atoms with Crippen LogP contribution < -0.4 is 63.7 Å². The minimum absolute atomic E-state index is 0.0445. The van der Waals surface area contributed by atoms with Crippen LogP contribution in [0.1, 0.15) is 85.3 Å². The molecule has 95 heavy (non-hydrogen) atoms. The fourth-order valence-corrected chi connectivity index (χ4v) is 24.3. The molecule has 4 N–H and O–H groups in total. The maximum Gasteiger partial charge on any atom is 0.266 e. The molecule has 0 spiro atoms. The summed E-state index contributed by atoms with van der Waals surface area (Å²) < 4.78 is 26.4. The minimum Gasteiger partial charge on any atom is -0.399 e. The number of amides is 4. The van der Waals surface area contributed by atoms with Gasteiger partial charge < -0.3 is 11.5 Å². The zero-order chi connectivity index (χ0) is 65.9. The Hall–Kier alpha value is -10.7. The van der Waals surface area contributed by atoms with Crippen molar-refractivity contribution in [1.82, 2.24) is 0 Å². The van der Waals surface area contributed by atoms with Crippen molar-refractivity contribution in [2.24, 2.45) is 0 Å². The van der Waals surface area contributed by atoms with Gasteiger partial charge in [0.05, 0.1) is 43.4 Å². The molecular weight excluding hydrogens is 1230 g/mol. The van der Waals surface area contributed by atoms with Gasteiger partial charge in [-0.15, -0.1) is 0 Å². The highest BCUT2D eigenvalue weighted by Gasteiger charge is 2.52. The fourth-order valence-electron chi connectivity index (χ4n) is 14.5. The highest BCUT2D eigenvalue weighted by atomic mass is 32.2. The first-order valence-corrected chi connectivity index (χ1v) is 36.4. The number of rotatable bonds is 13. The summed E-state index contributed by atoms with van der Waals surface area (Å²) >= 11 is 0. The number of fused-ring (bicyclic) bond motifs is 3. The second kappa shape index (κ2) is 24.3. The molecule has 15 rings (SSSR count). The number of hydrogen-bond donors (Lipinski definition) is 2. The van der Waals surface area contributed by atoms with Crippen molar-refractivity contribution in [1.29, 1.82) is 0 Å². The van der Waals surface area contributed by atoms with Gasteiger partial charge in [-0.05, 0) is 211 Å². The topological polar surface area (TPSA) is 161 Å². The number of benzene rings is 12. The average molecular weight is 1300 g/mol. The molecule has 464 valence electrons. The van der Waals surface area contributed by atoms with E-state index in [1.54, 1.807) is 6.07 Å². The van der Waals surface area contributed by atoms with Gasteiger partial charge >= 0.3 is 0 Å². The second-order valence-electron chi connectivity index (χ2n) is 25.0. The Morgan fingerprint density at radius 2 is 0.642 bits per heavy atom. The van der Waals surface area contributed by atoms with E-state index in [4.69, 9.17) is 11.5 Å². The van der Waals surface area contributed by atoms with Crippen molar-refractivity contribution < 1.29 is 27.6 Å². The quantitative estimate of drug-likeness (QED) is 0.0655. The first-order chi connectivity index (χ1) is 46.0. The number of imide groups is 2. The number of hydrogen-bond acceptors (Lipinski definition) is 8. The van der Waals surface area contributed by atoms with E-state index in [2.05, 4.69) is 160 Å². The fraction of sp³-hybridized carbons (Fsp3) is 0.0732. The summed E-state index contributed by atoms with van der Waals surface area (Å²) in [6, 6.07) is 100. The van der Waals surface area contributed by atoms with Crippen molar-refractivity contribution >= 4 is 113 Å². The lowest BCUT2D eigenvalue weighted by Crippen LogP contribution is -2.38. The molecule has 1 atom stereocenters. The van der Waals surface area contributed by atoms with Gasteiger partial charge in [0.15, 0.2) is 0 Å². The molecule has 10 nitrogen and oxygen atoms in total. The molecule has 12 aromatic rings. The lowest BCUT2D eigenvalue weighted by atomic mass is 9.75. The van der Waals surface area contributed by atoms with E-state index >= 15 is 0 Å². The molecule has 0 radical (unpaired) electrons. The van der Waals surface area contributed by atoms with Gasteiger partial charge in [-0.25, -0.2) is 18.2 Å². The average Bonchev–Trinajstić information content (AvgIpc) is 1.70. The zero-order valence-electron chi connectivity index (χ0n) is 52.5. The van der Waals surface area contributed by atoms with E-state index in [-0.39, 0.29) is 32.4 Å². The van der Waals surface area contributed by atoms with Gasteiger partial charge in [0, 0.05) is 16.8 Å². The lowest BCUT2D eigenvalue weighted by molar-refractivity contribution is 0.0910. The van der Waals surface area contributed by atoms with Gasteiger partial charge in [0.25, 0.3) is 23.6 Å². The number of carbonyl (C=O) groups excluding carboxylic acids is 4. The van der Waals surface area contributed by atoms with Crippen molar-refractivity contribution in [3.8, 4) is 0 Å². The lowest BCUT2D eigenvalue weighted by Gasteiger charge is -2.28. The second-order valence-corrected chi connectivity index (χ2v) is 33.8. The van der Waals surface area contributed by atoms with Crippen LogP contribution in [0.4, 0.5) is 22.7 Å². The highest BCUT2D eigenvalue weighted by Crippen LogP contribution is 2.57. The van der Waals surface area contributed by atoms with E-state index in [1.807, 2.05) is 115 Å². The molecule has 12 aromatic carbocycles. The van der Waals surface area contributed by atoms with Crippen molar-refractivity contribution in [3.63, 3.8) is 0 Å². The van der Waals surface area contributed by atoms with Crippen LogP contribution in [0.25, 0.3) is 0 Å². The minimum atomic E-state index is -3.82. The maximum atomic E-state index is 14.4. The Kier molecular flexibility index (Phi) is 15.8. The predicted molar refractivity (Wildman–Crippen MR) is 389 cm³/mol. The van der Waals surface area contributed by atoms with E-state index in [0.717, 1.165) is 49.1 Å². The molecular formula is C82H66N4O6P2S+2. The van der Waals surface area contributed by atoms with Crippen LogP contribution in [-0.4, -0.2) is 32.0 Å². The number of anilines is 4. The van der Waals surface area contributed by atoms with Crippen LogP contribution in [0.5, 0.6) is 0 Å². The van der Waals surface area contributed by atoms with Crippen LogP contribution in [-0.2, 0) is 20.7 Å². The molecule has 13 heteroatoms. The first-order valence-electron chi connectivity index (χ1n) is 31.4. The number of nitrogens with zero attached hydrogens (tertiary/aromatic N) is 2. The van der Waals surface area contributed by atoms with Gasteiger partial charge in [-0.1, -0.05) is 148 Å². The third-order valence-electron chi connectivity index (χ3n) is 18.9. The number of sulfone groups is 1. The van der Waals surface area contributed by atoms with E-state index < -0.39 is 36.2 Å². The third kappa shape index (κ3) is 10.4. The van der Waals surface area contributed by atoms with Crippen molar-refractivity contribution in [3.05, 3.63) is 348 Å². The van der Waals surface area contributed by atoms with E-state index in [9.17, 15) is 27.6 Å². The Morgan fingerprint density at radius 1 is 0.326 bits per heavy atom. The molecule has 2 heterocycles. The summed E-state index contributed by atoms with van der Waals surface area (Å²) in [5.41, 5.74) is 18.5. The molecule has 0 saturated carbocycles. The summed E-state index contributed by atoms with van der Waals surface area (Å²) in [5.74, 6) is -1.48. The Labute approximate surface area is 554 Å². The van der Waals surface area contributed by atoms with E-state index in [0.29, 0.717) is 39.3 Å². The molecule has 4 amide bonds. The molecule has 0 fully saturated rings. The Bertz CT molecular complexity index is 4870. The summed E-state index contributed by atoms with van der Waals surface area (Å²) in [6.45, 7) is 6.76. The summed E-state index contributed by atoms with van der Waals surface area (Å²) in [5, 5.41) is 8.91. The first kappa shape index (κ1) is 61.8. The molecule has 1 aliphatic carbocycles. The highest BCUT2D eigenvalue weighted by molar-refractivity contribution is 8.02. The van der Waals surface area contributed by atoms with Gasteiger partial charge in [0.1, 0.15) is 57.0 Å². The zero-order valence-corrected chi connectivity index (χ0v) is 55.1. The van der Waals surface area contributed by atoms with Crippen LogP contribution in [0, 0.1) is 0 Å². The normalized spacial score (nSPS) is 15.6. The summed E-state index contributed by atoms with van der Waals surface area (Å²) in [4.78, 5) is 58.9. The predicted octanol–water partition coefficient (Wildman–Crippen LogP) is 13.2. The van der Waals surface area contributed by atoms with Crippen LogP contribution >= 0.6 is 14.5 Å². The third-order valence-corrected chi connectivity index (χ3v) is 29.2. The number of nitrogen functional groups attached to an aromatic ring is 2. The molecule has 2 aliphatic heterocycles. The largest absolute Gasteiger partial charge is 0.399 e. The Morgan fingerprint density at radius 3 is 1.01 bits per heavy atom. The molecule has 0 bridgehead atoms. The van der Waals surface area contributed by atoms with E-state index in [1.165, 1.54) is 80.5 Å². The molecule has 0 saturated heterocycles. The van der Waals surface area contributed by atoms with Crippen molar-refractivity contribution in [2.45, 2.75) is 47.8 Å². The SMILES string of the molecule is CC1(C)CC(C)(c2ccc(N)cc2)c2ccc(N3C(=O)c4ccc([P+](c5ccccc5)(c5ccccc5)c5ccccc5)cc4C3=O)cc21.Nc1ccc(S(=O)(=O)c2ccc(N3C(=O)c4ccc([P+](c5ccccc5)(c5ccccc5)c5ccccc5)cc4C3=O)cc2)cc1. The number of carbonyl (C=O) groups is 4. The monoisotopic (exact) mass is 1300 g/mol. The van der Waals surface area contributed by atoms with Crippen molar-refractivity contribution in [2.75, 3.05) is 21.3 Å².